The lowest BCUT2D eigenvalue weighted by Gasteiger charge is -2.28. The summed E-state index contributed by atoms with van der Waals surface area (Å²) >= 11 is 0. The van der Waals surface area contributed by atoms with Crippen molar-refractivity contribution in [2.75, 3.05) is 46.5 Å². The Morgan fingerprint density at radius 1 is 1.18 bits per heavy atom. The summed E-state index contributed by atoms with van der Waals surface area (Å²) in [5.41, 5.74) is 0.903. The molecule has 2 heterocycles. The summed E-state index contributed by atoms with van der Waals surface area (Å²) < 4.78 is 10.5. The predicted octanol–water partition coefficient (Wildman–Crippen LogP) is 0.496. The smallest absolute Gasteiger partial charge is 0.295 e. The molecular weight excluding hydrogens is 424 g/mol. The number of hydrogen-bond acceptors (Lipinski definition) is 6. The van der Waals surface area contributed by atoms with Gasteiger partial charge in [0.15, 0.2) is 0 Å². The Kier molecular flexibility index (Phi) is 6.96. The van der Waals surface area contributed by atoms with Crippen molar-refractivity contribution < 1.29 is 34.2 Å². The van der Waals surface area contributed by atoms with Gasteiger partial charge < -0.3 is 29.5 Å². The molecule has 4 rings (SSSR count). The van der Waals surface area contributed by atoms with Crippen LogP contribution in [0.4, 0.5) is 0 Å². The van der Waals surface area contributed by atoms with Gasteiger partial charge >= 0.3 is 0 Å². The first-order valence-electron chi connectivity index (χ1n) is 11.1. The molecule has 2 aromatic rings. The third-order valence-corrected chi connectivity index (χ3v) is 6.21. The Labute approximate surface area is 192 Å². The number of ketones is 1. The van der Waals surface area contributed by atoms with Gasteiger partial charge in [-0.1, -0.05) is 24.3 Å². The maximum absolute atomic E-state index is 13.1. The second-order valence-corrected chi connectivity index (χ2v) is 8.26. The quantitative estimate of drug-likeness (QED) is 0.360. The van der Waals surface area contributed by atoms with E-state index >= 15 is 0 Å². The zero-order chi connectivity index (χ0) is 23.4. The summed E-state index contributed by atoms with van der Waals surface area (Å²) in [6, 6.07) is 11.9. The molecule has 8 nitrogen and oxygen atoms in total. The van der Waals surface area contributed by atoms with E-state index in [1.807, 2.05) is 0 Å². The molecule has 174 valence electrons. The zero-order valence-corrected chi connectivity index (χ0v) is 18.6. The van der Waals surface area contributed by atoms with E-state index in [2.05, 4.69) is 0 Å². The van der Waals surface area contributed by atoms with Crippen LogP contribution in [0.25, 0.3) is 5.76 Å². The topological polar surface area (TPSA) is 104 Å². The molecule has 2 aromatic carbocycles. The van der Waals surface area contributed by atoms with E-state index in [1.165, 1.54) is 29.0 Å². The molecule has 8 heteroatoms. The normalized spacial score (nSPS) is 20.9. The molecule has 0 aliphatic carbocycles. The average Bonchev–Trinajstić information content (AvgIpc) is 3.09. The molecule has 2 N–H and O–H groups in total. The largest absolute Gasteiger partial charge is 0.872 e. The van der Waals surface area contributed by atoms with Crippen molar-refractivity contribution in [3.8, 4) is 11.5 Å². The SMILES string of the molecule is COc1ccc(/C(O)=C2/C(=O)C(=O)N(CCC[NH+]3CCOCC3)C2c2cccc([O-])c2)cc1. The van der Waals surface area contributed by atoms with Gasteiger partial charge in [-0.15, -0.1) is 5.75 Å². The van der Waals surface area contributed by atoms with Crippen molar-refractivity contribution in [1.82, 2.24) is 4.90 Å². The molecule has 2 fully saturated rings. The van der Waals surface area contributed by atoms with Crippen LogP contribution in [-0.2, 0) is 14.3 Å². The number of methoxy groups -OCH3 is 1. The van der Waals surface area contributed by atoms with Crippen LogP contribution in [0.3, 0.4) is 0 Å². The number of morpholine rings is 1. The molecule has 33 heavy (non-hydrogen) atoms. The minimum atomic E-state index is -0.819. The average molecular weight is 453 g/mol. The summed E-state index contributed by atoms with van der Waals surface area (Å²) in [6.45, 7) is 4.47. The fraction of sp³-hybridized carbons (Fsp3) is 0.360. The number of amides is 1. The molecule has 0 bridgehead atoms. The van der Waals surface area contributed by atoms with Gasteiger partial charge in [0.1, 0.15) is 24.6 Å². The monoisotopic (exact) mass is 452 g/mol. The van der Waals surface area contributed by atoms with Crippen molar-refractivity contribution in [1.29, 1.82) is 0 Å². The molecule has 2 aliphatic rings. The van der Waals surface area contributed by atoms with Gasteiger partial charge in [0.2, 0.25) is 0 Å². The third kappa shape index (κ3) is 4.86. The number of quaternary nitrogens is 1. The number of carbonyl (C=O) groups excluding carboxylic acids is 2. The van der Waals surface area contributed by atoms with Gasteiger partial charge in [-0.2, -0.15) is 0 Å². The molecule has 2 aliphatic heterocycles. The summed E-state index contributed by atoms with van der Waals surface area (Å²) in [5.74, 6) is -1.29. The van der Waals surface area contributed by atoms with Crippen molar-refractivity contribution >= 4 is 17.4 Å². The van der Waals surface area contributed by atoms with E-state index in [4.69, 9.17) is 9.47 Å². The van der Waals surface area contributed by atoms with Crippen LogP contribution < -0.4 is 14.7 Å². The van der Waals surface area contributed by atoms with Crippen LogP contribution in [0.1, 0.15) is 23.6 Å². The predicted molar refractivity (Wildman–Crippen MR) is 119 cm³/mol. The van der Waals surface area contributed by atoms with Gasteiger partial charge in [-0.25, -0.2) is 0 Å². The van der Waals surface area contributed by atoms with E-state index in [9.17, 15) is 19.8 Å². The molecule has 0 saturated carbocycles. The molecule has 0 aromatic heterocycles. The number of aliphatic hydroxyl groups excluding tert-OH is 1. The van der Waals surface area contributed by atoms with Crippen LogP contribution in [0.15, 0.2) is 54.1 Å². The van der Waals surface area contributed by atoms with E-state index in [0.717, 1.165) is 32.8 Å². The van der Waals surface area contributed by atoms with Gasteiger partial charge in [-0.05, 0) is 29.8 Å². The minimum absolute atomic E-state index is 0.00511. The van der Waals surface area contributed by atoms with Gasteiger partial charge in [-0.3, -0.25) is 9.59 Å². The molecule has 1 amide bonds. The summed E-state index contributed by atoms with van der Waals surface area (Å²) in [6.07, 6.45) is 0.693. The number of benzene rings is 2. The van der Waals surface area contributed by atoms with E-state index in [-0.39, 0.29) is 17.1 Å². The fourth-order valence-electron chi connectivity index (χ4n) is 4.46. The number of carbonyl (C=O) groups is 2. The van der Waals surface area contributed by atoms with Crippen LogP contribution in [0.2, 0.25) is 0 Å². The Morgan fingerprint density at radius 2 is 1.91 bits per heavy atom. The van der Waals surface area contributed by atoms with Crippen LogP contribution >= 0.6 is 0 Å². The number of nitrogens with one attached hydrogen (secondary N) is 1. The molecule has 0 spiro atoms. The number of likely N-dealkylation sites (tertiary alicyclic amines) is 1. The third-order valence-electron chi connectivity index (χ3n) is 6.21. The molecule has 1 atom stereocenters. The number of hydrogen-bond donors (Lipinski definition) is 2. The highest BCUT2D eigenvalue weighted by atomic mass is 16.5. The van der Waals surface area contributed by atoms with Crippen molar-refractivity contribution in [2.24, 2.45) is 0 Å². The van der Waals surface area contributed by atoms with Gasteiger partial charge in [0.05, 0.1) is 38.5 Å². The highest BCUT2D eigenvalue weighted by Gasteiger charge is 2.45. The zero-order valence-electron chi connectivity index (χ0n) is 18.6. The van der Waals surface area contributed by atoms with Crippen LogP contribution in [0.5, 0.6) is 11.5 Å². The first kappa shape index (κ1) is 22.8. The maximum Gasteiger partial charge on any atom is 0.295 e. The number of aliphatic hydroxyl groups is 1. The number of nitrogens with zero attached hydrogens (tertiary/aromatic N) is 1. The Hall–Kier alpha value is -3.36. The Bertz CT molecular complexity index is 1040. The first-order chi connectivity index (χ1) is 16.0. The standard InChI is InChI=1S/C25H28N2O6/c1-32-20-8-6-17(7-9-20)23(29)21-22(18-4-2-5-19(28)16-18)27(25(31)24(21)30)11-3-10-26-12-14-33-15-13-26/h2,4-9,16,22,28-29H,3,10-15H2,1H3/b23-21-. The number of rotatable bonds is 7. The number of Topliss-reactive ketones (excluding diaryl/α,β-unsaturated/α-hetero) is 1. The second-order valence-electron chi connectivity index (χ2n) is 8.26. The summed E-state index contributed by atoms with van der Waals surface area (Å²) in [5, 5.41) is 23.1. The van der Waals surface area contributed by atoms with Crippen LogP contribution in [-0.4, -0.2) is 68.2 Å². The fourth-order valence-corrected chi connectivity index (χ4v) is 4.46. The van der Waals surface area contributed by atoms with Crippen molar-refractivity contribution in [3.63, 3.8) is 0 Å². The van der Waals surface area contributed by atoms with E-state index < -0.39 is 17.7 Å². The lowest BCUT2D eigenvalue weighted by atomic mass is 9.95. The van der Waals surface area contributed by atoms with Crippen LogP contribution in [0, 0.1) is 0 Å². The van der Waals surface area contributed by atoms with E-state index in [1.54, 1.807) is 36.4 Å². The van der Waals surface area contributed by atoms with Gasteiger partial charge in [0.25, 0.3) is 11.7 Å². The van der Waals surface area contributed by atoms with Crippen molar-refractivity contribution in [2.45, 2.75) is 12.5 Å². The lowest BCUT2D eigenvalue weighted by Crippen LogP contribution is -3.14. The van der Waals surface area contributed by atoms with E-state index in [0.29, 0.717) is 29.8 Å². The van der Waals surface area contributed by atoms with Gasteiger partial charge in [0, 0.05) is 18.5 Å². The highest BCUT2D eigenvalue weighted by Crippen LogP contribution is 2.40. The maximum atomic E-state index is 13.1. The minimum Gasteiger partial charge on any atom is -0.872 e. The lowest BCUT2D eigenvalue weighted by molar-refractivity contribution is -0.908. The summed E-state index contributed by atoms with van der Waals surface area (Å²) in [7, 11) is 1.54. The molecule has 2 saturated heterocycles. The first-order valence-corrected chi connectivity index (χ1v) is 11.1. The summed E-state index contributed by atoms with van der Waals surface area (Å²) in [4.78, 5) is 28.9. The number of ether oxygens (including phenoxy) is 2. The Balaban J connectivity index is 1.66. The molecule has 0 radical (unpaired) electrons. The van der Waals surface area contributed by atoms with Crippen molar-refractivity contribution in [3.05, 3.63) is 65.2 Å². The molecule has 1 unspecified atom stereocenters. The highest BCUT2D eigenvalue weighted by molar-refractivity contribution is 6.46. The molecular formula is C25H28N2O6. The second kappa shape index (κ2) is 10.1. The Morgan fingerprint density at radius 3 is 2.58 bits per heavy atom.